The summed E-state index contributed by atoms with van der Waals surface area (Å²) in [5.74, 6) is 0. The largest absolute Gasteiger partial charge is 0.343 e. The van der Waals surface area contributed by atoms with E-state index < -0.39 is 0 Å². The number of rotatable bonds is 6. The van der Waals surface area contributed by atoms with Crippen LogP contribution in [-0.4, -0.2) is 9.13 Å². The van der Waals surface area contributed by atoms with Crippen molar-refractivity contribution in [2.45, 2.75) is 13.1 Å². The zero-order valence-corrected chi connectivity index (χ0v) is 21.2. The fraction of sp³-hybridized carbons (Fsp3) is 0.0588. The highest BCUT2D eigenvalue weighted by molar-refractivity contribution is 7.08. The van der Waals surface area contributed by atoms with Gasteiger partial charge in [-0.2, -0.15) is 11.3 Å². The Morgan fingerprint density at radius 1 is 0.486 bits per heavy atom. The van der Waals surface area contributed by atoms with Crippen molar-refractivity contribution in [2.75, 3.05) is 0 Å². The van der Waals surface area contributed by atoms with Crippen molar-refractivity contribution in [3.63, 3.8) is 0 Å². The van der Waals surface area contributed by atoms with Gasteiger partial charge in [0.2, 0.25) is 0 Å². The number of thiophene rings is 1. The van der Waals surface area contributed by atoms with Crippen LogP contribution in [0.25, 0.3) is 44.1 Å². The molecule has 0 atom stereocenters. The van der Waals surface area contributed by atoms with Crippen LogP contribution in [0.15, 0.2) is 132 Å². The molecule has 0 amide bonds. The van der Waals surface area contributed by atoms with E-state index in [0.717, 1.165) is 13.1 Å². The molecule has 3 aromatic heterocycles. The minimum atomic E-state index is 0.851. The maximum Gasteiger partial charge on any atom is 0.0489 e. The molecule has 0 bridgehead atoms. The van der Waals surface area contributed by atoms with Crippen LogP contribution in [0.2, 0.25) is 0 Å². The zero-order valence-electron chi connectivity index (χ0n) is 20.4. The third-order valence-corrected chi connectivity index (χ3v) is 7.89. The normalized spacial score (nSPS) is 11.5. The molecule has 0 spiro atoms. The highest BCUT2D eigenvalue weighted by Gasteiger charge is 2.09. The monoisotopic (exact) mass is 494 g/mol. The molecular formula is C34H26N2S. The first-order valence-electron chi connectivity index (χ1n) is 12.6. The molecule has 7 aromatic rings. The van der Waals surface area contributed by atoms with Crippen molar-refractivity contribution >= 4 is 33.1 Å². The maximum absolute atomic E-state index is 2.36. The Hall–Kier alpha value is -4.34. The molecular weight excluding hydrogens is 468 g/mol. The lowest BCUT2D eigenvalue weighted by Gasteiger charge is -2.10. The molecule has 0 fully saturated rings. The molecule has 7 rings (SSSR count). The van der Waals surface area contributed by atoms with E-state index in [1.807, 2.05) is 0 Å². The van der Waals surface area contributed by atoms with Gasteiger partial charge in [-0.05, 0) is 91.3 Å². The van der Waals surface area contributed by atoms with Gasteiger partial charge < -0.3 is 9.13 Å². The van der Waals surface area contributed by atoms with Crippen LogP contribution in [0.1, 0.15) is 11.1 Å². The standard InChI is InChI=1S/C34H26N2S/c1-2-5-25(6-3-1)22-35-16-13-27-9-11-30(20-33(27)35)31-12-10-28-14-17-36(34(28)21-31)23-26-7-4-8-29(19-26)32-15-18-37-24-32/h1-21,24H,22-23H2. The smallest absolute Gasteiger partial charge is 0.0489 e. The highest BCUT2D eigenvalue weighted by Crippen LogP contribution is 2.30. The quantitative estimate of drug-likeness (QED) is 0.218. The van der Waals surface area contributed by atoms with Gasteiger partial charge in [0.05, 0.1) is 0 Å². The summed E-state index contributed by atoms with van der Waals surface area (Å²) in [6.07, 6.45) is 4.40. The lowest BCUT2D eigenvalue weighted by atomic mass is 10.0. The van der Waals surface area contributed by atoms with E-state index in [0.29, 0.717) is 0 Å². The first-order valence-corrected chi connectivity index (χ1v) is 13.6. The predicted octanol–water partition coefficient (Wildman–Crippen LogP) is 9.09. The predicted molar refractivity (Wildman–Crippen MR) is 157 cm³/mol. The van der Waals surface area contributed by atoms with Gasteiger partial charge in [0, 0.05) is 36.5 Å². The van der Waals surface area contributed by atoms with Gasteiger partial charge in [-0.15, -0.1) is 0 Å². The summed E-state index contributed by atoms with van der Waals surface area (Å²) in [6.45, 7) is 1.73. The molecule has 0 radical (unpaired) electrons. The third-order valence-electron chi connectivity index (χ3n) is 7.21. The number of hydrogen-bond acceptors (Lipinski definition) is 1. The van der Waals surface area contributed by atoms with Crippen LogP contribution >= 0.6 is 11.3 Å². The molecule has 0 aliphatic heterocycles. The second-order valence-corrected chi connectivity index (χ2v) is 10.4. The minimum absolute atomic E-state index is 0.851. The van der Waals surface area contributed by atoms with Gasteiger partial charge in [-0.3, -0.25) is 0 Å². The average molecular weight is 495 g/mol. The molecule has 0 aliphatic rings. The molecule has 0 unspecified atom stereocenters. The van der Waals surface area contributed by atoms with Crippen molar-refractivity contribution in [3.8, 4) is 22.3 Å². The molecule has 0 saturated heterocycles. The van der Waals surface area contributed by atoms with Gasteiger partial charge >= 0.3 is 0 Å². The van der Waals surface area contributed by atoms with Crippen molar-refractivity contribution in [1.29, 1.82) is 0 Å². The molecule has 3 heteroatoms. The molecule has 0 saturated carbocycles. The number of fused-ring (bicyclic) bond motifs is 2. The molecule has 37 heavy (non-hydrogen) atoms. The average Bonchev–Trinajstić information content (AvgIpc) is 3.70. The fourth-order valence-corrected chi connectivity index (χ4v) is 5.92. The number of nitrogens with zero attached hydrogens (tertiary/aromatic N) is 2. The summed E-state index contributed by atoms with van der Waals surface area (Å²) in [6, 6.07) is 39.8. The summed E-state index contributed by atoms with van der Waals surface area (Å²) in [5.41, 5.74) is 10.2. The number of aromatic nitrogens is 2. The van der Waals surface area contributed by atoms with E-state index >= 15 is 0 Å². The van der Waals surface area contributed by atoms with Crippen LogP contribution in [0.5, 0.6) is 0 Å². The van der Waals surface area contributed by atoms with Crippen LogP contribution in [0, 0.1) is 0 Å². The maximum atomic E-state index is 2.36. The van der Waals surface area contributed by atoms with Crippen molar-refractivity contribution in [3.05, 3.63) is 143 Å². The van der Waals surface area contributed by atoms with Gasteiger partial charge in [-0.25, -0.2) is 0 Å². The summed E-state index contributed by atoms with van der Waals surface area (Å²) >= 11 is 1.74. The first-order chi connectivity index (χ1) is 18.3. The summed E-state index contributed by atoms with van der Waals surface area (Å²) in [5, 5.41) is 6.89. The Morgan fingerprint density at radius 2 is 1.11 bits per heavy atom. The van der Waals surface area contributed by atoms with Crippen molar-refractivity contribution in [2.24, 2.45) is 0 Å². The fourth-order valence-electron chi connectivity index (χ4n) is 5.26. The molecule has 0 aliphatic carbocycles. The second-order valence-electron chi connectivity index (χ2n) is 9.63. The van der Waals surface area contributed by atoms with Crippen molar-refractivity contribution in [1.82, 2.24) is 9.13 Å². The lowest BCUT2D eigenvalue weighted by Crippen LogP contribution is -1.98. The van der Waals surface area contributed by atoms with Crippen LogP contribution in [0.3, 0.4) is 0 Å². The van der Waals surface area contributed by atoms with Crippen LogP contribution < -0.4 is 0 Å². The summed E-state index contributed by atoms with van der Waals surface area (Å²) in [4.78, 5) is 0. The minimum Gasteiger partial charge on any atom is -0.343 e. The highest BCUT2D eigenvalue weighted by atomic mass is 32.1. The van der Waals surface area contributed by atoms with Gasteiger partial charge in [0.15, 0.2) is 0 Å². The molecule has 4 aromatic carbocycles. The summed E-state index contributed by atoms with van der Waals surface area (Å²) in [7, 11) is 0. The van der Waals surface area contributed by atoms with Crippen LogP contribution in [-0.2, 0) is 13.1 Å². The Kier molecular flexibility index (Phi) is 5.49. The molecule has 2 nitrogen and oxygen atoms in total. The SMILES string of the molecule is c1ccc(Cn2ccc3ccc(-c4ccc5ccn(Cc6cccc(-c7ccsc7)c6)c5c4)cc32)cc1. The van der Waals surface area contributed by atoms with E-state index in [1.165, 1.54) is 55.2 Å². The molecule has 0 N–H and O–H groups in total. The molecule has 3 heterocycles. The first kappa shape index (κ1) is 21.9. The Morgan fingerprint density at radius 3 is 1.76 bits per heavy atom. The number of benzene rings is 4. The summed E-state index contributed by atoms with van der Waals surface area (Å²) < 4.78 is 4.71. The Labute approximate surface area is 220 Å². The Balaban J connectivity index is 1.22. The van der Waals surface area contributed by atoms with E-state index in [9.17, 15) is 0 Å². The van der Waals surface area contributed by atoms with Crippen LogP contribution in [0.4, 0.5) is 0 Å². The third kappa shape index (κ3) is 4.28. The van der Waals surface area contributed by atoms with Gasteiger partial charge in [-0.1, -0.05) is 72.8 Å². The zero-order chi connectivity index (χ0) is 24.6. The van der Waals surface area contributed by atoms with E-state index in [1.54, 1.807) is 11.3 Å². The number of hydrogen-bond donors (Lipinski definition) is 0. The Bertz CT molecular complexity index is 1820. The molecule has 178 valence electrons. The lowest BCUT2D eigenvalue weighted by molar-refractivity contribution is 0.837. The van der Waals surface area contributed by atoms with Crippen molar-refractivity contribution < 1.29 is 0 Å². The van der Waals surface area contributed by atoms with E-state index in [-0.39, 0.29) is 0 Å². The topological polar surface area (TPSA) is 9.86 Å². The van der Waals surface area contributed by atoms with E-state index in [2.05, 4.69) is 141 Å². The van der Waals surface area contributed by atoms with Gasteiger partial charge in [0.1, 0.15) is 0 Å². The second kappa shape index (κ2) is 9.27. The van der Waals surface area contributed by atoms with Gasteiger partial charge in [0.25, 0.3) is 0 Å². The van der Waals surface area contributed by atoms with E-state index in [4.69, 9.17) is 0 Å².